The Balaban J connectivity index is 2.08. The fourth-order valence-electron chi connectivity index (χ4n) is 2.97. The number of para-hydroxylation sites is 1. The molecule has 0 saturated heterocycles. The smallest absolute Gasteiger partial charge is 0.219 e. The first-order chi connectivity index (χ1) is 14.8. The Kier molecular flexibility index (Phi) is 7.45. The molecule has 0 aliphatic rings. The molecule has 7 heteroatoms. The zero-order valence-electron chi connectivity index (χ0n) is 17.1. The van der Waals surface area contributed by atoms with Crippen molar-refractivity contribution in [2.24, 2.45) is 0 Å². The number of rotatable bonds is 7. The van der Waals surface area contributed by atoms with Gasteiger partial charge in [-0.05, 0) is 54.8 Å². The van der Waals surface area contributed by atoms with Gasteiger partial charge >= 0.3 is 0 Å². The molecule has 3 aromatic carbocycles. The molecule has 0 unspecified atom stereocenters. The van der Waals surface area contributed by atoms with Gasteiger partial charge in [-0.1, -0.05) is 60.1 Å². The molecule has 158 valence electrons. The van der Waals surface area contributed by atoms with E-state index in [4.69, 9.17) is 11.6 Å². The van der Waals surface area contributed by atoms with Crippen molar-refractivity contribution >= 4 is 38.9 Å². The first-order valence-electron chi connectivity index (χ1n) is 9.48. The van der Waals surface area contributed by atoms with Gasteiger partial charge in [0.1, 0.15) is 11.1 Å². The molecule has 0 heterocycles. The van der Waals surface area contributed by atoms with Crippen LogP contribution in [0.2, 0.25) is 5.02 Å². The predicted octanol–water partition coefficient (Wildman–Crippen LogP) is 6.47. The van der Waals surface area contributed by atoms with Gasteiger partial charge in [-0.15, -0.1) is 11.8 Å². The Morgan fingerprint density at radius 3 is 2.16 bits per heavy atom. The maximum Gasteiger partial charge on any atom is 0.219 e. The highest BCUT2D eigenvalue weighted by atomic mass is 35.5. The maximum absolute atomic E-state index is 13.3. The molecule has 0 spiro atoms. The SMILES string of the molecule is Cc1cccc(C)c1NC(SCc1ccc(Cl)cc1)=C(C#N)S(=O)(=O)c1ccccc1. The lowest BCUT2D eigenvalue weighted by molar-refractivity contribution is 0.603. The summed E-state index contributed by atoms with van der Waals surface area (Å²) >= 11 is 7.24. The van der Waals surface area contributed by atoms with Crippen LogP contribution in [0.25, 0.3) is 0 Å². The summed E-state index contributed by atoms with van der Waals surface area (Å²) in [6.07, 6.45) is 0. The molecule has 3 rings (SSSR count). The largest absolute Gasteiger partial charge is 0.348 e. The van der Waals surface area contributed by atoms with E-state index < -0.39 is 9.84 Å². The fraction of sp³-hybridized carbons (Fsp3) is 0.125. The lowest BCUT2D eigenvalue weighted by Gasteiger charge is -2.17. The summed E-state index contributed by atoms with van der Waals surface area (Å²) in [6, 6.07) is 23.1. The van der Waals surface area contributed by atoms with Gasteiger partial charge in [0.2, 0.25) is 9.84 Å². The second-order valence-corrected chi connectivity index (χ2v) is 10.2. The minimum atomic E-state index is -3.99. The summed E-state index contributed by atoms with van der Waals surface area (Å²) in [7, 11) is -3.99. The number of hydrogen-bond acceptors (Lipinski definition) is 5. The van der Waals surface area contributed by atoms with Crippen LogP contribution < -0.4 is 5.32 Å². The van der Waals surface area contributed by atoms with Crippen LogP contribution in [0.15, 0.2) is 87.6 Å². The van der Waals surface area contributed by atoms with E-state index in [2.05, 4.69) is 5.32 Å². The topological polar surface area (TPSA) is 70.0 Å². The van der Waals surface area contributed by atoms with Crippen LogP contribution in [0.3, 0.4) is 0 Å². The van der Waals surface area contributed by atoms with Gasteiger partial charge < -0.3 is 5.32 Å². The molecule has 0 aromatic heterocycles. The second kappa shape index (κ2) is 10.1. The molecule has 31 heavy (non-hydrogen) atoms. The number of nitrogens with zero attached hydrogens (tertiary/aromatic N) is 1. The molecule has 0 bridgehead atoms. The average Bonchev–Trinajstić information content (AvgIpc) is 2.76. The van der Waals surface area contributed by atoms with E-state index in [1.807, 2.05) is 50.2 Å². The lowest BCUT2D eigenvalue weighted by Crippen LogP contribution is -2.11. The van der Waals surface area contributed by atoms with Crippen molar-refractivity contribution in [2.75, 3.05) is 5.32 Å². The molecular weight excluding hydrogens is 448 g/mol. The van der Waals surface area contributed by atoms with Crippen molar-refractivity contribution < 1.29 is 8.42 Å². The summed E-state index contributed by atoms with van der Waals surface area (Å²) < 4.78 is 26.5. The van der Waals surface area contributed by atoms with Crippen molar-refractivity contribution in [2.45, 2.75) is 24.5 Å². The molecule has 0 aliphatic heterocycles. The number of nitrogens with one attached hydrogen (secondary N) is 1. The van der Waals surface area contributed by atoms with Gasteiger partial charge in [-0.2, -0.15) is 5.26 Å². The number of anilines is 1. The van der Waals surface area contributed by atoms with Gasteiger partial charge in [-0.25, -0.2) is 8.42 Å². The van der Waals surface area contributed by atoms with E-state index in [-0.39, 0.29) is 9.80 Å². The van der Waals surface area contributed by atoms with Crippen LogP contribution in [0.1, 0.15) is 16.7 Å². The molecule has 3 aromatic rings. The monoisotopic (exact) mass is 468 g/mol. The predicted molar refractivity (Wildman–Crippen MR) is 129 cm³/mol. The van der Waals surface area contributed by atoms with E-state index in [1.54, 1.807) is 30.3 Å². The first-order valence-corrected chi connectivity index (χ1v) is 12.3. The molecule has 1 N–H and O–H groups in total. The zero-order chi connectivity index (χ0) is 22.4. The van der Waals surface area contributed by atoms with Crippen molar-refractivity contribution in [1.82, 2.24) is 0 Å². The van der Waals surface area contributed by atoms with Crippen molar-refractivity contribution in [3.63, 3.8) is 0 Å². The van der Waals surface area contributed by atoms with Gasteiger partial charge in [0.25, 0.3) is 0 Å². The van der Waals surface area contributed by atoms with Gasteiger partial charge in [0, 0.05) is 16.5 Å². The van der Waals surface area contributed by atoms with Crippen molar-refractivity contribution in [1.29, 1.82) is 5.26 Å². The van der Waals surface area contributed by atoms with E-state index in [0.29, 0.717) is 15.8 Å². The number of nitriles is 1. The Morgan fingerprint density at radius 1 is 0.968 bits per heavy atom. The van der Waals surface area contributed by atoms with E-state index in [0.717, 1.165) is 22.4 Å². The number of benzene rings is 3. The molecule has 4 nitrogen and oxygen atoms in total. The minimum absolute atomic E-state index is 0.0828. The van der Waals surface area contributed by atoms with E-state index in [1.165, 1.54) is 23.9 Å². The molecular formula is C24H21ClN2O2S2. The highest BCUT2D eigenvalue weighted by Gasteiger charge is 2.26. The van der Waals surface area contributed by atoms with Crippen LogP contribution in [0.4, 0.5) is 5.69 Å². The third-order valence-electron chi connectivity index (χ3n) is 4.65. The third kappa shape index (κ3) is 5.50. The van der Waals surface area contributed by atoms with Crippen LogP contribution in [0, 0.1) is 25.2 Å². The Labute approximate surface area is 192 Å². The number of hydrogen-bond donors (Lipinski definition) is 1. The number of thioether (sulfide) groups is 1. The summed E-state index contributed by atoms with van der Waals surface area (Å²) in [5, 5.41) is 14.0. The van der Waals surface area contributed by atoms with Crippen LogP contribution in [0.5, 0.6) is 0 Å². The van der Waals surface area contributed by atoms with Crippen molar-refractivity contribution in [3.05, 3.63) is 104 Å². The standard InChI is InChI=1S/C24H21ClN2O2S2/c1-17-7-6-8-18(2)23(17)27-24(30-16-19-11-13-20(25)14-12-19)22(15-26)31(28,29)21-9-4-3-5-10-21/h3-14,27H,16H2,1-2H3. The highest BCUT2D eigenvalue weighted by Crippen LogP contribution is 2.33. The third-order valence-corrected chi connectivity index (χ3v) is 7.83. The number of sulfone groups is 1. The zero-order valence-corrected chi connectivity index (χ0v) is 19.5. The minimum Gasteiger partial charge on any atom is -0.348 e. The quantitative estimate of drug-likeness (QED) is 0.402. The second-order valence-electron chi connectivity index (χ2n) is 6.89. The average molecular weight is 469 g/mol. The fourth-order valence-corrected chi connectivity index (χ4v) is 5.62. The van der Waals surface area contributed by atoms with E-state index in [9.17, 15) is 13.7 Å². The first kappa shape index (κ1) is 23.0. The van der Waals surface area contributed by atoms with Crippen LogP contribution in [-0.2, 0) is 15.6 Å². The Hall–Kier alpha value is -2.72. The van der Waals surface area contributed by atoms with Crippen LogP contribution >= 0.6 is 23.4 Å². The van der Waals surface area contributed by atoms with Crippen molar-refractivity contribution in [3.8, 4) is 6.07 Å². The molecule has 0 amide bonds. The Bertz CT molecular complexity index is 1230. The number of allylic oxidation sites excluding steroid dienone is 1. The lowest BCUT2D eigenvalue weighted by atomic mass is 10.1. The van der Waals surface area contributed by atoms with Gasteiger partial charge in [-0.3, -0.25) is 0 Å². The molecule has 0 radical (unpaired) electrons. The Morgan fingerprint density at radius 2 is 1.58 bits per heavy atom. The van der Waals surface area contributed by atoms with Gasteiger partial charge in [0.15, 0.2) is 4.91 Å². The molecule has 0 fully saturated rings. The number of aryl methyl sites for hydroxylation is 2. The molecule has 0 aliphatic carbocycles. The molecule has 0 saturated carbocycles. The summed E-state index contributed by atoms with van der Waals surface area (Å²) in [5.74, 6) is 0.472. The summed E-state index contributed by atoms with van der Waals surface area (Å²) in [6.45, 7) is 3.88. The number of halogens is 1. The van der Waals surface area contributed by atoms with Crippen LogP contribution in [-0.4, -0.2) is 8.42 Å². The summed E-state index contributed by atoms with van der Waals surface area (Å²) in [5.41, 5.74) is 3.67. The van der Waals surface area contributed by atoms with Gasteiger partial charge in [0.05, 0.1) is 4.90 Å². The molecule has 0 atom stereocenters. The normalized spacial score (nSPS) is 12.1. The maximum atomic E-state index is 13.3. The summed E-state index contributed by atoms with van der Waals surface area (Å²) in [4.78, 5) is -0.222. The highest BCUT2D eigenvalue weighted by molar-refractivity contribution is 8.04. The van der Waals surface area contributed by atoms with E-state index >= 15 is 0 Å².